The van der Waals surface area contributed by atoms with E-state index in [4.69, 9.17) is 11.6 Å². The molecular weight excluding hydrogens is 314 g/mol. The third-order valence-electron chi connectivity index (χ3n) is 3.27. The summed E-state index contributed by atoms with van der Waals surface area (Å²) in [5.74, 6) is 0.891. The van der Waals surface area contributed by atoms with Crippen molar-refractivity contribution in [2.45, 2.75) is 0 Å². The number of fused-ring (bicyclic) bond motifs is 1. The molecule has 112 valence electrons. The number of hydrogen-bond acceptors (Lipinski definition) is 6. The lowest BCUT2D eigenvalue weighted by molar-refractivity contribution is 1.06. The minimum Gasteiger partial charge on any atom is -0.324 e. The molecule has 0 aliphatic carbocycles. The number of benzene rings is 1. The van der Waals surface area contributed by atoms with Gasteiger partial charge in [-0.1, -0.05) is 11.6 Å². The van der Waals surface area contributed by atoms with Crippen LogP contribution >= 0.6 is 11.6 Å². The number of nitrogens with zero attached hydrogens (tertiary/aromatic N) is 5. The number of hydrogen-bond donors (Lipinski definition) is 2. The second-order valence-electron chi connectivity index (χ2n) is 4.77. The summed E-state index contributed by atoms with van der Waals surface area (Å²) < 4.78 is 0. The van der Waals surface area contributed by atoms with Gasteiger partial charge in [-0.25, -0.2) is 15.0 Å². The fourth-order valence-electron chi connectivity index (χ4n) is 2.19. The molecule has 2 N–H and O–H groups in total. The van der Waals surface area contributed by atoms with Crippen LogP contribution in [0.3, 0.4) is 0 Å². The molecule has 0 unspecified atom stereocenters. The Bertz CT molecular complexity index is 982. The fraction of sp³-hybridized carbons (Fsp3) is 0. The molecule has 23 heavy (non-hydrogen) atoms. The first-order valence-corrected chi connectivity index (χ1v) is 7.17. The van der Waals surface area contributed by atoms with E-state index < -0.39 is 0 Å². The van der Waals surface area contributed by atoms with Crippen molar-refractivity contribution in [2.24, 2.45) is 0 Å². The van der Waals surface area contributed by atoms with E-state index in [1.807, 2.05) is 24.3 Å². The van der Waals surface area contributed by atoms with Crippen LogP contribution in [0.1, 0.15) is 0 Å². The normalized spacial score (nSPS) is 10.8. The monoisotopic (exact) mass is 323 g/mol. The van der Waals surface area contributed by atoms with Crippen molar-refractivity contribution in [3.63, 3.8) is 0 Å². The average molecular weight is 324 g/mol. The van der Waals surface area contributed by atoms with E-state index in [9.17, 15) is 0 Å². The third kappa shape index (κ3) is 2.69. The van der Waals surface area contributed by atoms with E-state index in [2.05, 4.69) is 35.5 Å². The summed E-state index contributed by atoms with van der Waals surface area (Å²) in [6.07, 6.45) is 4.81. The number of halogens is 1. The number of H-pyrrole nitrogens is 1. The van der Waals surface area contributed by atoms with Crippen LogP contribution in [0.25, 0.3) is 22.3 Å². The molecule has 0 bridgehead atoms. The van der Waals surface area contributed by atoms with Crippen LogP contribution in [0, 0.1) is 0 Å². The van der Waals surface area contributed by atoms with Crippen molar-refractivity contribution < 1.29 is 0 Å². The standard InChI is InChI=1S/C15H10ClN7/c16-13-11(2-1-5-17-13)14-18-8-19-15(22-14)21-10-3-4-12-9(6-10)7-20-23-12/h1-8H,(H,20,23)(H,18,19,21,22). The van der Waals surface area contributed by atoms with E-state index in [1.165, 1.54) is 6.33 Å². The molecule has 0 saturated heterocycles. The second kappa shape index (κ2) is 5.62. The Hall–Kier alpha value is -3.06. The highest BCUT2D eigenvalue weighted by Crippen LogP contribution is 2.24. The quantitative estimate of drug-likeness (QED) is 0.562. The van der Waals surface area contributed by atoms with E-state index >= 15 is 0 Å². The van der Waals surface area contributed by atoms with Crippen molar-refractivity contribution in [3.8, 4) is 11.4 Å². The maximum absolute atomic E-state index is 6.08. The van der Waals surface area contributed by atoms with Crippen molar-refractivity contribution in [3.05, 3.63) is 54.2 Å². The first kappa shape index (κ1) is 13.6. The summed E-state index contributed by atoms with van der Waals surface area (Å²) >= 11 is 6.08. The molecule has 3 heterocycles. The number of anilines is 2. The van der Waals surface area contributed by atoms with E-state index in [-0.39, 0.29) is 0 Å². The van der Waals surface area contributed by atoms with Crippen molar-refractivity contribution in [2.75, 3.05) is 5.32 Å². The minimum absolute atomic E-state index is 0.351. The first-order valence-electron chi connectivity index (χ1n) is 6.80. The van der Waals surface area contributed by atoms with Gasteiger partial charge in [-0.3, -0.25) is 5.10 Å². The smallest absolute Gasteiger partial charge is 0.230 e. The van der Waals surface area contributed by atoms with E-state index in [0.29, 0.717) is 22.5 Å². The molecule has 0 aliphatic heterocycles. The molecule has 0 radical (unpaired) electrons. The Balaban J connectivity index is 1.67. The van der Waals surface area contributed by atoms with Crippen LogP contribution in [0.15, 0.2) is 49.1 Å². The highest BCUT2D eigenvalue weighted by Gasteiger charge is 2.09. The first-order chi connectivity index (χ1) is 11.3. The maximum atomic E-state index is 6.08. The molecule has 0 amide bonds. The van der Waals surface area contributed by atoms with Crippen molar-refractivity contribution >= 4 is 34.1 Å². The predicted octanol–water partition coefficient (Wildman–Crippen LogP) is 3.21. The third-order valence-corrected chi connectivity index (χ3v) is 3.57. The summed E-state index contributed by atoms with van der Waals surface area (Å²) in [6.45, 7) is 0. The van der Waals surface area contributed by atoms with Gasteiger partial charge < -0.3 is 5.32 Å². The Morgan fingerprint density at radius 2 is 2.04 bits per heavy atom. The molecule has 0 fully saturated rings. The molecule has 0 aliphatic rings. The van der Waals surface area contributed by atoms with Crippen LogP contribution in [0.2, 0.25) is 5.15 Å². The summed E-state index contributed by atoms with van der Waals surface area (Å²) in [7, 11) is 0. The van der Waals surface area contributed by atoms with Crippen LogP contribution in [-0.2, 0) is 0 Å². The van der Waals surface area contributed by atoms with Gasteiger partial charge in [0.25, 0.3) is 0 Å². The lowest BCUT2D eigenvalue weighted by Crippen LogP contribution is -2.00. The molecule has 0 atom stereocenters. The number of nitrogens with one attached hydrogen (secondary N) is 2. The van der Waals surface area contributed by atoms with Gasteiger partial charge in [0.2, 0.25) is 5.95 Å². The number of aromatic amines is 1. The summed E-state index contributed by atoms with van der Waals surface area (Å²) in [5, 5.41) is 11.4. The topological polar surface area (TPSA) is 92.3 Å². The highest BCUT2D eigenvalue weighted by molar-refractivity contribution is 6.31. The molecule has 0 saturated carbocycles. The molecule has 4 aromatic rings. The van der Waals surface area contributed by atoms with Crippen molar-refractivity contribution in [1.29, 1.82) is 0 Å². The molecule has 4 rings (SSSR count). The van der Waals surface area contributed by atoms with Gasteiger partial charge in [-0.2, -0.15) is 10.1 Å². The van der Waals surface area contributed by atoms with Gasteiger partial charge in [0.15, 0.2) is 5.82 Å². The average Bonchev–Trinajstić information content (AvgIpc) is 3.03. The Morgan fingerprint density at radius 1 is 1.09 bits per heavy atom. The predicted molar refractivity (Wildman–Crippen MR) is 87.4 cm³/mol. The largest absolute Gasteiger partial charge is 0.324 e. The zero-order valence-electron chi connectivity index (χ0n) is 11.7. The van der Waals surface area contributed by atoms with E-state index in [1.54, 1.807) is 18.5 Å². The van der Waals surface area contributed by atoms with Crippen LogP contribution in [-0.4, -0.2) is 30.1 Å². The highest BCUT2D eigenvalue weighted by atomic mass is 35.5. The number of aromatic nitrogens is 6. The summed E-state index contributed by atoms with van der Waals surface area (Å²) in [4.78, 5) is 16.7. The molecule has 1 aromatic carbocycles. The lowest BCUT2D eigenvalue weighted by Gasteiger charge is -2.06. The Labute approximate surface area is 135 Å². The Kier molecular flexibility index (Phi) is 3.32. The molecular formula is C15H10ClN7. The molecule has 3 aromatic heterocycles. The number of pyridine rings is 1. The molecule has 7 nitrogen and oxygen atoms in total. The zero-order chi connectivity index (χ0) is 15.6. The summed E-state index contributed by atoms with van der Waals surface area (Å²) in [5.41, 5.74) is 2.48. The minimum atomic E-state index is 0.351. The Morgan fingerprint density at radius 3 is 2.96 bits per heavy atom. The molecule has 8 heteroatoms. The van der Waals surface area contributed by atoms with Gasteiger partial charge in [0.1, 0.15) is 11.5 Å². The van der Waals surface area contributed by atoms with Crippen LogP contribution in [0.5, 0.6) is 0 Å². The van der Waals surface area contributed by atoms with Gasteiger partial charge in [0, 0.05) is 17.3 Å². The van der Waals surface area contributed by atoms with Gasteiger partial charge in [-0.15, -0.1) is 0 Å². The molecule has 0 spiro atoms. The lowest BCUT2D eigenvalue weighted by atomic mass is 10.2. The van der Waals surface area contributed by atoms with Gasteiger partial charge in [-0.05, 0) is 30.3 Å². The van der Waals surface area contributed by atoms with Crippen molar-refractivity contribution in [1.82, 2.24) is 30.1 Å². The van der Waals surface area contributed by atoms with Gasteiger partial charge in [0.05, 0.1) is 17.3 Å². The van der Waals surface area contributed by atoms with Crippen LogP contribution in [0.4, 0.5) is 11.6 Å². The van der Waals surface area contributed by atoms with E-state index in [0.717, 1.165) is 16.6 Å². The second-order valence-corrected chi connectivity index (χ2v) is 5.13. The zero-order valence-corrected chi connectivity index (χ0v) is 12.5. The maximum Gasteiger partial charge on any atom is 0.230 e. The fourth-order valence-corrected chi connectivity index (χ4v) is 2.39. The summed E-state index contributed by atoms with van der Waals surface area (Å²) in [6, 6.07) is 9.40. The number of rotatable bonds is 3. The van der Waals surface area contributed by atoms with Crippen LogP contribution < -0.4 is 5.32 Å². The SMILES string of the molecule is Clc1ncccc1-c1ncnc(Nc2ccc3[nH]ncc3c2)n1. The van der Waals surface area contributed by atoms with Gasteiger partial charge >= 0.3 is 0 Å².